The lowest BCUT2D eigenvalue weighted by atomic mass is 9.79. The van der Waals surface area contributed by atoms with E-state index in [-0.39, 0.29) is 11.4 Å². The number of para-hydroxylation sites is 1. The van der Waals surface area contributed by atoms with Crippen LogP contribution in [0.5, 0.6) is 0 Å². The van der Waals surface area contributed by atoms with E-state index in [1.807, 2.05) is 48.7 Å². The van der Waals surface area contributed by atoms with Gasteiger partial charge in [-0.3, -0.25) is 14.7 Å². The Bertz CT molecular complexity index is 1050. The Morgan fingerprint density at radius 1 is 0.939 bits per heavy atom. The standard InChI is InChI=1S/C27H33N5O/c33-26(29-21-27(14-6-2-7-15-27)31-17-8-3-9-18-31)24-20-32(23-12-4-1-5-13-23)30-25(24)22-11-10-16-28-19-22/h1,4-5,10-13,16,19-20H,2-3,6-9,14-15,17-18,21H2,(H,29,33). The van der Waals surface area contributed by atoms with E-state index < -0.39 is 0 Å². The molecule has 1 saturated carbocycles. The van der Waals surface area contributed by atoms with Crippen molar-refractivity contribution in [2.24, 2.45) is 0 Å². The molecule has 1 aromatic carbocycles. The second kappa shape index (κ2) is 9.87. The van der Waals surface area contributed by atoms with E-state index in [4.69, 9.17) is 5.10 Å². The number of nitrogens with zero attached hydrogens (tertiary/aromatic N) is 4. The van der Waals surface area contributed by atoms with Crippen molar-refractivity contribution >= 4 is 5.91 Å². The van der Waals surface area contributed by atoms with E-state index in [0.717, 1.165) is 24.3 Å². The predicted molar refractivity (Wildman–Crippen MR) is 130 cm³/mol. The fraction of sp³-hybridized carbons (Fsp3) is 0.444. The number of carbonyl (C=O) groups is 1. The molecule has 1 N–H and O–H groups in total. The zero-order valence-electron chi connectivity index (χ0n) is 19.2. The number of benzene rings is 1. The van der Waals surface area contributed by atoms with Crippen molar-refractivity contribution < 1.29 is 4.79 Å². The summed E-state index contributed by atoms with van der Waals surface area (Å²) in [6, 6.07) is 13.8. The summed E-state index contributed by atoms with van der Waals surface area (Å²) < 4.78 is 1.79. The number of aromatic nitrogens is 3. The minimum Gasteiger partial charge on any atom is -0.350 e. The third-order valence-electron chi connectivity index (χ3n) is 7.30. The maximum atomic E-state index is 13.5. The van der Waals surface area contributed by atoms with Gasteiger partial charge in [-0.15, -0.1) is 0 Å². The zero-order valence-corrected chi connectivity index (χ0v) is 19.2. The molecule has 6 nitrogen and oxygen atoms in total. The first-order valence-corrected chi connectivity index (χ1v) is 12.3. The van der Waals surface area contributed by atoms with Gasteiger partial charge in [0.2, 0.25) is 0 Å². The van der Waals surface area contributed by atoms with Gasteiger partial charge in [0.1, 0.15) is 5.69 Å². The number of hydrogen-bond donors (Lipinski definition) is 1. The van der Waals surface area contributed by atoms with Crippen LogP contribution in [-0.4, -0.2) is 50.7 Å². The maximum absolute atomic E-state index is 13.5. The quantitative estimate of drug-likeness (QED) is 0.591. The van der Waals surface area contributed by atoms with Crippen molar-refractivity contribution in [1.29, 1.82) is 0 Å². The Morgan fingerprint density at radius 3 is 2.42 bits per heavy atom. The molecule has 1 saturated heterocycles. The average Bonchev–Trinajstić information content (AvgIpc) is 3.35. The van der Waals surface area contributed by atoms with E-state index >= 15 is 0 Å². The fourth-order valence-corrected chi connectivity index (χ4v) is 5.49. The summed E-state index contributed by atoms with van der Waals surface area (Å²) in [5, 5.41) is 8.11. The van der Waals surface area contributed by atoms with Gasteiger partial charge in [0.15, 0.2) is 0 Å². The van der Waals surface area contributed by atoms with Crippen LogP contribution < -0.4 is 5.32 Å². The Balaban J connectivity index is 1.42. The molecule has 0 atom stereocenters. The largest absolute Gasteiger partial charge is 0.350 e. The van der Waals surface area contributed by atoms with E-state index in [2.05, 4.69) is 15.2 Å². The van der Waals surface area contributed by atoms with Crippen molar-refractivity contribution in [2.75, 3.05) is 19.6 Å². The highest BCUT2D eigenvalue weighted by Crippen LogP contribution is 2.35. The summed E-state index contributed by atoms with van der Waals surface area (Å²) in [4.78, 5) is 20.5. The fourth-order valence-electron chi connectivity index (χ4n) is 5.49. The van der Waals surface area contributed by atoms with Crippen molar-refractivity contribution in [2.45, 2.75) is 56.9 Å². The number of pyridine rings is 1. The molecule has 1 aliphatic heterocycles. The van der Waals surface area contributed by atoms with Crippen LogP contribution >= 0.6 is 0 Å². The smallest absolute Gasteiger partial charge is 0.255 e. The van der Waals surface area contributed by atoms with Crippen LogP contribution in [0.1, 0.15) is 61.7 Å². The summed E-state index contributed by atoms with van der Waals surface area (Å²) in [5.41, 5.74) is 3.13. The van der Waals surface area contributed by atoms with Gasteiger partial charge in [-0.1, -0.05) is 43.9 Å². The number of nitrogens with one attached hydrogen (secondary N) is 1. The Kier molecular flexibility index (Phi) is 6.53. The van der Waals surface area contributed by atoms with Crippen molar-refractivity contribution in [3.63, 3.8) is 0 Å². The highest BCUT2D eigenvalue weighted by atomic mass is 16.1. The minimum atomic E-state index is -0.0574. The lowest BCUT2D eigenvalue weighted by Gasteiger charge is -2.48. The Hall–Kier alpha value is -2.99. The highest BCUT2D eigenvalue weighted by Gasteiger charge is 2.38. The van der Waals surface area contributed by atoms with Gasteiger partial charge in [-0.25, -0.2) is 4.68 Å². The van der Waals surface area contributed by atoms with Gasteiger partial charge in [0.25, 0.3) is 5.91 Å². The van der Waals surface area contributed by atoms with E-state index in [9.17, 15) is 4.79 Å². The number of piperidine rings is 1. The Labute approximate surface area is 196 Å². The molecule has 0 bridgehead atoms. The van der Waals surface area contributed by atoms with Crippen LogP contribution in [0.15, 0.2) is 61.1 Å². The first-order valence-electron chi connectivity index (χ1n) is 12.3. The normalized spacial score (nSPS) is 18.7. The summed E-state index contributed by atoms with van der Waals surface area (Å²) in [5.74, 6) is -0.0574. The Morgan fingerprint density at radius 2 is 1.70 bits per heavy atom. The maximum Gasteiger partial charge on any atom is 0.255 e. The average molecular weight is 444 g/mol. The molecule has 3 aromatic rings. The first kappa shape index (κ1) is 21.8. The second-order valence-corrected chi connectivity index (χ2v) is 9.43. The van der Waals surface area contributed by atoms with Gasteiger partial charge in [0.05, 0.1) is 11.3 Å². The molecule has 5 rings (SSSR count). The van der Waals surface area contributed by atoms with Crippen LogP contribution in [0.4, 0.5) is 0 Å². The molecule has 6 heteroatoms. The topological polar surface area (TPSA) is 63.1 Å². The molecular formula is C27H33N5O. The van der Waals surface area contributed by atoms with E-state index in [1.54, 1.807) is 17.1 Å². The first-order chi connectivity index (χ1) is 16.3. The number of likely N-dealkylation sites (tertiary alicyclic amines) is 1. The van der Waals surface area contributed by atoms with Crippen molar-refractivity contribution in [1.82, 2.24) is 25.0 Å². The van der Waals surface area contributed by atoms with Crippen LogP contribution in [-0.2, 0) is 0 Å². The summed E-state index contributed by atoms with van der Waals surface area (Å²) >= 11 is 0. The van der Waals surface area contributed by atoms with E-state index in [1.165, 1.54) is 51.4 Å². The molecule has 0 radical (unpaired) electrons. The molecule has 2 aliphatic rings. The van der Waals surface area contributed by atoms with Gasteiger partial charge >= 0.3 is 0 Å². The van der Waals surface area contributed by atoms with Crippen molar-refractivity contribution in [3.05, 3.63) is 66.6 Å². The third kappa shape index (κ3) is 4.71. The molecule has 3 heterocycles. The second-order valence-electron chi connectivity index (χ2n) is 9.43. The molecule has 2 aromatic heterocycles. The minimum absolute atomic E-state index is 0.0574. The van der Waals surface area contributed by atoms with Crippen LogP contribution in [0, 0.1) is 0 Å². The lowest BCUT2D eigenvalue weighted by Crippen LogP contribution is -2.58. The number of carbonyl (C=O) groups excluding carboxylic acids is 1. The van der Waals surface area contributed by atoms with Crippen molar-refractivity contribution in [3.8, 4) is 16.9 Å². The SMILES string of the molecule is O=C(NCC1(N2CCCCC2)CCCCC1)c1cn(-c2ccccc2)nc1-c1cccnc1. The summed E-state index contributed by atoms with van der Waals surface area (Å²) in [6.45, 7) is 3.01. The molecule has 2 fully saturated rings. The van der Waals surface area contributed by atoms with Crippen LogP contribution in [0.3, 0.4) is 0 Å². The summed E-state index contributed by atoms with van der Waals surface area (Å²) in [6.07, 6.45) is 15.4. The van der Waals surface area contributed by atoms with Gasteiger partial charge < -0.3 is 5.32 Å². The molecule has 172 valence electrons. The number of amides is 1. The van der Waals surface area contributed by atoms with Gasteiger partial charge in [-0.2, -0.15) is 5.10 Å². The molecule has 1 amide bonds. The van der Waals surface area contributed by atoms with Gasteiger partial charge in [0, 0.05) is 36.2 Å². The zero-order chi connectivity index (χ0) is 22.5. The molecule has 1 aliphatic carbocycles. The molecule has 33 heavy (non-hydrogen) atoms. The monoisotopic (exact) mass is 443 g/mol. The highest BCUT2D eigenvalue weighted by molar-refractivity contribution is 5.99. The third-order valence-corrected chi connectivity index (χ3v) is 7.30. The molecular weight excluding hydrogens is 410 g/mol. The lowest BCUT2D eigenvalue weighted by molar-refractivity contribution is 0.0327. The molecule has 0 spiro atoms. The van der Waals surface area contributed by atoms with Gasteiger partial charge in [-0.05, 0) is 63.0 Å². The number of rotatable bonds is 6. The molecule has 0 unspecified atom stereocenters. The summed E-state index contributed by atoms with van der Waals surface area (Å²) in [7, 11) is 0. The van der Waals surface area contributed by atoms with Crippen LogP contribution in [0.25, 0.3) is 16.9 Å². The van der Waals surface area contributed by atoms with E-state index in [0.29, 0.717) is 17.8 Å². The van der Waals surface area contributed by atoms with Crippen LogP contribution in [0.2, 0.25) is 0 Å². The predicted octanol–water partition coefficient (Wildman–Crippen LogP) is 4.85. The number of hydrogen-bond acceptors (Lipinski definition) is 4.